The molecular weight excluding hydrogens is 360 g/mol. The van der Waals surface area contributed by atoms with E-state index in [1.54, 1.807) is 6.07 Å². The fourth-order valence-corrected chi connectivity index (χ4v) is 5.61. The average molecular weight is 385 g/mol. The molecule has 6 heteroatoms. The first kappa shape index (κ1) is 19.0. The smallest absolute Gasteiger partial charge is 0.220 e. The number of hydrogen-bond donors (Lipinski definition) is 1. The Hall–Kier alpha value is -2.37. The summed E-state index contributed by atoms with van der Waals surface area (Å²) < 4.78 is 28.5. The van der Waals surface area contributed by atoms with Gasteiger partial charge in [0.25, 0.3) is 0 Å². The van der Waals surface area contributed by atoms with Crippen LogP contribution in [0.4, 0.5) is 8.78 Å². The summed E-state index contributed by atoms with van der Waals surface area (Å²) >= 11 is 0. The van der Waals surface area contributed by atoms with Crippen LogP contribution >= 0.6 is 0 Å². The molecule has 0 radical (unpaired) electrons. The highest BCUT2D eigenvalue weighted by atomic mass is 19.1. The lowest BCUT2D eigenvalue weighted by atomic mass is 9.64. The van der Waals surface area contributed by atoms with E-state index in [0.29, 0.717) is 12.8 Å². The molecule has 2 N–H and O–H groups in total. The van der Waals surface area contributed by atoms with Crippen molar-refractivity contribution in [3.8, 4) is 11.3 Å². The fourth-order valence-electron chi connectivity index (χ4n) is 5.61. The van der Waals surface area contributed by atoms with Crippen LogP contribution in [0.1, 0.15) is 63.6 Å². The van der Waals surface area contributed by atoms with Crippen LogP contribution in [-0.4, -0.2) is 16.1 Å². The van der Waals surface area contributed by atoms with Gasteiger partial charge in [0.05, 0.1) is 17.0 Å². The summed E-state index contributed by atoms with van der Waals surface area (Å²) in [6, 6.07) is 5.58. The number of nitrogens with zero attached hydrogens (tertiary/aromatic N) is 2. The monoisotopic (exact) mass is 385 g/mol. The number of carbonyl (C=O) groups excluding carboxylic acids is 1. The maximum atomic E-state index is 14.3. The van der Waals surface area contributed by atoms with Gasteiger partial charge in [-0.1, -0.05) is 26.8 Å². The van der Waals surface area contributed by atoms with Crippen LogP contribution in [0, 0.1) is 23.0 Å². The van der Waals surface area contributed by atoms with Crippen molar-refractivity contribution in [2.45, 2.75) is 57.8 Å². The predicted molar refractivity (Wildman–Crippen MR) is 102 cm³/mol. The van der Waals surface area contributed by atoms with Gasteiger partial charge in [-0.3, -0.25) is 4.79 Å². The Balaban J connectivity index is 1.84. The molecule has 1 fully saturated rings. The number of benzene rings is 1. The second-order valence-electron chi connectivity index (χ2n) is 8.74. The molecule has 1 amide bonds. The minimum Gasteiger partial charge on any atom is -0.369 e. The third kappa shape index (κ3) is 2.43. The zero-order chi connectivity index (χ0) is 20.3. The molecule has 0 saturated heterocycles. The zero-order valence-electron chi connectivity index (χ0n) is 16.4. The number of nitrogens with two attached hydrogens (primary N) is 1. The first-order valence-corrected chi connectivity index (χ1v) is 9.84. The molecule has 28 heavy (non-hydrogen) atoms. The van der Waals surface area contributed by atoms with E-state index in [4.69, 9.17) is 5.73 Å². The number of amides is 1. The van der Waals surface area contributed by atoms with Crippen LogP contribution in [0.3, 0.4) is 0 Å². The number of halogens is 2. The number of hydrogen-bond acceptors (Lipinski definition) is 3. The topological polar surface area (TPSA) is 68.9 Å². The number of rotatable bonds is 5. The van der Waals surface area contributed by atoms with Crippen molar-refractivity contribution >= 4 is 5.91 Å². The maximum Gasteiger partial charge on any atom is 0.220 e. The molecule has 1 aromatic heterocycles. The van der Waals surface area contributed by atoms with Crippen molar-refractivity contribution in [1.29, 1.82) is 0 Å². The fraction of sp³-hybridized carbons (Fsp3) is 0.500. The first-order chi connectivity index (χ1) is 13.2. The van der Waals surface area contributed by atoms with Crippen LogP contribution in [0.2, 0.25) is 0 Å². The van der Waals surface area contributed by atoms with Gasteiger partial charge in [-0.2, -0.15) is 10.2 Å². The molecule has 2 aliphatic carbocycles. The Morgan fingerprint density at radius 2 is 1.96 bits per heavy atom. The summed E-state index contributed by atoms with van der Waals surface area (Å²) in [6.07, 6.45) is 3.19. The number of primary amides is 1. The van der Waals surface area contributed by atoms with Gasteiger partial charge < -0.3 is 5.73 Å². The van der Waals surface area contributed by atoms with Crippen LogP contribution in [0.5, 0.6) is 0 Å². The van der Waals surface area contributed by atoms with Crippen molar-refractivity contribution < 1.29 is 13.6 Å². The molecule has 1 saturated carbocycles. The Labute approximate surface area is 163 Å². The minimum atomic E-state index is -0.647. The molecule has 0 spiro atoms. The Bertz CT molecular complexity index is 939. The lowest BCUT2D eigenvalue weighted by molar-refractivity contribution is -0.122. The molecule has 1 aromatic carbocycles. The third-order valence-electron chi connectivity index (χ3n) is 7.33. The first-order valence-electron chi connectivity index (χ1n) is 9.84. The standard InChI is InChI=1S/C22H25F2N3O/c1-4-12(20(25)28)11-22-9-8-14(21(22,2)3)13-10-17(26-27-19(13)22)18-15(23)6-5-7-16(18)24/h5-7,10,12,14H,4,8-9,11H2,1-3H3,(H2,25,28)/t12?,14-,22-/m0/s1. The lowest BCUT2D eigenvalue weighted by Crippen LogP contribution is -2.40. The quantitative estimate of drug-likeness (QED) is 0.825. The summed E-state index contributed by atoms with van der Waals surface area (Å²) in [6.45, 7) is 6.37. The van der Waals surface area contributed by atoms with Crippen LogP contribution in [0.15, 0.2) is 24.3 Å². The van der Waals surface area contributed by atoms with E-state index in [1.807, 2.05) is 6.92 Å². The molecule has 1 unspecified atom stereocenters. The van der Waals surface area contributed by atoms with Crippen molar-refractivity contribution in [2.24, 2.45) is 17.1 Å². The summed E-state index contributed by atoms with van der Waals surface area (Å²) in [5.74, 6) is -1.59. The SMILES string of the molecule is CCC(C[C@@]12CC[C@@H](c3cc(-c4c(F)cccc4F)nnc31)C2(C)C)C(N)=O. The molecule has 148 valence electrons. The van der Waals surface area contributed by atoms with Gasteiger partial charge in [-0.25, -0.2) is 8.78 Å². The van der Waals surface area contributed by atoms with Crippen molar-refractivity contribution in [3.63, 3.8) is 0 Å². The largest absolute Gasteiger partial charge is 0.369 e. The summed E-state index contributed by atoms with van der Waals surface area (Å²) in [7, 11) is 0. The highest BCUT2D eigenvalue weighted by Crippen LogP contribution is 2.69. The van der Waals surface area contributed by atoms with E-state index < -0.39 is 11.6 Å². The van der Waals surface area contributed by atoms with E-state index in [9.17, 15) is 13.6 Å². The van der Waals surface area contributed by atoms with Gasteiger partial charge in [-0.15, -0.1) is 0 Å². The van der Waals surface area contributed by atoms with Gasteiger partial charge >= 0.3 is 0 Å². The molecule has 4 nitrogen and oxygen atoms in total. The third-order valence-corrected chi connectivity index (χ3v) is 7.33. The molecule has 2 aliphatic rings. The Morgan fingerprint density at radius 3 is 2.57 bits per heavy atom. The molecular formula is C22H25F2N3O. The Kier molecular flexibility index (Phi) is 4.28. The molecule has 2 aromatic rings. The van der Waals surface area contributed by atoms with Crippen LogP contribution in [0.25, 0.3) is 11.3 Å². The van der Waals surface area contributed by atoms with E-state index >= 15 is 0 Å². The molecule has 2 bridgehead atoms. The van der Waals surface area contributed by atoms with E-state index in [0.717, 1.165) is 24.1 Å². The summed E-state index contributed by atoms with van der Waals surface area (Å²) in [4.78, 5) is 11.9. The van der Waals surface area contributed by atoms with Gasteiger partial charge in [-0.05, 0) is 60.8 Å². The second-order valence-corrected chi connectivity index (χ2v) is 8.74. The highest BCUT2D eigenvalue weighted by Gasteiger charge is 2.63. The van der Waals surface area contributed by atoms with Crippen molar-refractivity contribution in [1.82, 2.24) is 10.2 Å². The molecule has 3 atom stereocenters. The van der Waals surface area contributed by atoms with Crippen molar-refractivity contribution in [3.05, 3.63) is 47.2 Å². The molecule has 4 rings (SSSR count). The van der Waals surface area contributed by atoms with Gasteiger partial charge in [0, 0.05) is 11.3 Å². The molecule has 1 heterocycles. The van der Waals surface area contributed by atoms with E-state index in [1.165, 1.54) is 18.2 Å². The number of carbonyl (C=O) groups is 1. The van der Waals surface area contributed by atoms with Gasteiger partial charge in [0.1, 0.15) is 11.6 Å². The van der Waals surface area contributed by atoms with Gasteiger partial charge in [0.15, 0.2) is 0 Å². The lowest BCUT2D eigenvalue weighted by Gasteiger charge is -2.39. The molecule has 0 aliphatic heterocycles. The predicted octanol–water partition coefficient (Wildman–Crippen LogP) is 4.48. The second kappa shape index (κ2) is 6.33. The normalized spacial score (nSPS) is 25.5. The Morgan fingerprint density at radius 1 is 1.29 bits per heavy atom. The summed E-state index contributed by atoms with van der Waals surface area (Å²) in [5.41, 5.74) is 7.17. The maximum absolute atomic E-state index is 14.3. The van der Waals surface area contributed by atoms with Crippen molar-refractivity contribution in [2.75, 3.05) is 0 Å². The van der Waals surface area contributed by atoms with Crippen LogP contribution in [-0.2, 0) is 10.2 Å². The number of fused-ring (bicyclic) bond motifs is 5. The minimum absolute atomic E-state index is 0.126. The summed E-state index contributed by atoms with van der Waals surface area (Å²) in [5, 5.41) is 8.68. The zero-order valence-corrected chi connectivity index (χ0v) is 16.4. The van der Waals surface area contributed by atoms with E-state index in [-0.39, 0.29) is 39.8 Å². The van der Waals surface area contributed by atoms with Gasteiger partial charge in [0.2, 0.25) is 5.91 Å². The highest BCUT2D eigenvalue weighted by molar-refractivity contribution is 5.77. The average Bonchev–Trinajstić information content (AvgIpc) is 3.00. The van der Waals surface area contributed by atoms with E-state index in [2.05, 4.69) is 24.0 Å². The van der Waals surface area contributed by atoms with Crippen LogP contribution < -0.4 is 5.73 Å². The number of aromatic nitrogens is 2.